The van der Waals surface area contributed by atoms with E-state index in [-0.39, 0.29) is 11.5 Å². The molecule has 2 heterocycles. The van der Waals surface area contributed by atoms with Gasteiger partial charge in [-0.2, -0.15) is 0 Å². The van der Waals surface area contributed by atoms with Crippen LogP contribution in [-0.4, -0.2) is 0 Å². The largest absolute Gasteiger partial charge is 0.461 e. The summed E-state index contributed by atoms with van der Waals surface area (Å²) in [5, 5.41) is 0.894. The minimum atomic E-state index is -0.243. The normalized spacial score (nSPS) is 22.0. The molecule has 1 fully saturated rings. The van der Waals surface area contributed by atoms with Crippen molar-refractivity contribution in [2.45, 2.75) is 44.9 Å². The maximum Gasteiger partial charge on any atom is 0.343 e. The van der Waals surface area contributed by atoms with E-state index >= 15 is 0 Å². The quantitative estimate of drug-likeness (QED) is 0.713. The summed E-state index contributed by atoms with van der Waals surface area (Å²) in [6.45, 7) is 1.97. The van der Waals surface area contributed by atoms with Crippen molar-refractivity contribution in [3.8, 4) is 5.75 Å². The van der Waals surface area contributed by atoms with Crippen LogP contribution in [0.4, 0.5) is 0 Å². The molecule has 1 aliphatic carbocycles. The first-order valence-corrected chi connectivity index (χ1v) is 8.16. The van der Waals surface area contributed by atoms with Gasteiger partial charge in [-0.15, -0.1) is 0 Å². The third kappa shape index (κ3) is 2.16. The summed E-state index contributed by atoms with van der Waals surface area (Å²) in [6, 6.07) is 7.62. The second kappa shape index (κ2) is 5.31. The zero-order valence-corrected chi connectivity index (χ0v) is 12.8. The standard InChI is InChI=1S/C19H20O3/c1-12-11-15(13-7-3-2-4-8-13)17-18(21-12)14-9-5-6-10-16(14)22-19(17)20/h5-6,9-11,13,15H,2-4,7-8H2,1H3. The molecule has 0 bridgehead atoms. The average Bonchev–Trinajstić information content (AvgIpc) is 2.55. The van der Waals surface area contributed by atoms with E-state index in [9.17, 15) is 4.79 Å². The van der Waals surface area contributed by atoms with E-state index in [2.05, 4.69) is 6.08 Å². The van der Waals surface area contributed by atoms with Gasteiger partial charge < -0.3 is 9.15 Å². The summed E-state index contributed by atoms with van der Waals surface area (Å²) in [6.07, 6.45) is 8.29. The van der Waals surface area contributed by atoms with Gasteiger partial charge >= 0.3 is 5.63 Å². The van der Waals surface area contributed by atoms with Crippen LogP contribution in [0.1, 0.15) is 50.5 Å². The van der Waals surface area contributed by atoms with Crippen LogP contribution in [0, 0.1) is 5.92 Å². The van der Waals surface area contributed by atoms with Crippen molar-refractivity contribution in [2.24, 2.45) is 5.92 Å². The van der Waals surface area contributed by atoms with E-state index in [1.165, 1.54) is 32.1 Å². The maximum absolute atomic E-state index is 12.6. The summed E-state index contributed by atoms with van der Waals surface area (Å²) in [5.41, 5.74) is 1.08. The number of para-hydroxylation sites is 1. The molecule has 2 aromatic rings. The smallest absolute Gasteiger partial charge is 0.343 e. The number of fused-ring (bicyclic) bond motifs is 3. The fourth-order valence-electron chi connectivity index (χ4n) is 3.93. The topological polar surface area (TPSA) is 39.4 Å². The third-order valence-corrected chi connectivity index (χ3v) is 4.97. The van der Waals surface area contributed by atoms with Crippen LogP contribution in [0.25, 0.3) is 11.0 Å². The molecule has 2 aliphatic rings. The second-order valence-corrected chi connectivity index (χ2v) is 6.43. The molecule has 0 amide bonds. The van der Waals surface area contributed by atoms with Crippen molar-refractivity contribution >= 4 is 11.0 Å². The highest BCUT2D eigenvalue weighted by Gasteiger charge is 2.33. The molecule has 4 rings (SSSR count). The van der Waals surface area contributed by atoms with Crippen LogP contribution < -0.4 is 10.4 Å². The summed E-state index contributed by atoms with van der Waals surface area (Å²) >= 11 is 0. The minimum Gasteiger partial charge on any atom is -0.461 e. The molecule has 3 nitrogen and oxygen atoms in total. The van der Waals surface area contributed by atoms with Crippen molar-refractivity contribution in [3.05, 3.63) is 52.1 Å². The Morgan fingerprint density at radius 2 is 1.86 bits per heavy atom. The number of ether oxygens (including phenoxy) is 1. The Balaban J connectivity index is 1.92. The van der Waals surface area contributed by atoms with Crippen molar-refractivity contribution in [3.63, 3.8) is 0 Å². The van der Waals surface area contributed by atoms with Gasteiger partial charge in [0.1, 0.15) is 11.3 Å². The first-order chi connectivity index (χ1) is 10.7. The number of allylic oxidation sites excluding steroid dienone is 2. The van der Waals surface area contributed by atoms with Gasteiger partial charge in [-0.3, -0.25) is 0 Å². The minimum absolute atomic E-state index is 0.130. The molecule has 1 aromatic heterocycles. The van der Waals surface area contributed by atoms with Gasteiger partial charge in [0.15, 0.2) is 0 Å². The molecule has 22 heavy (non-hydrogen) atoms. The Labute approximate surface area is 129 Å². The van der Waals surface area contributed by atoms with Crippen molar-refractivity contribution < 1.29 is 9.15 Å². The van der Waals surface area contributed by atoms with Crippen molar-refractivity contribution in [1.82, 2.24) is 0 Å². The van der Waals surface area contributed by atoms with Gasteiger partial charge in [-0.1, -0.05) is 31.4 Å². The Morgan fingerprint density at radius 3 is 2.68 bits per heavy atom. The molecule has 1 aromatic carbocycles. The van der Waals surface area contributed by atoms with Gasteiger partial charge in [0.2, 0.25) is 0 Å². The molecule has 0 saturated heterocycles. The second-order valence-electron chi connectivity index (χ2n) is 6.43. The molecule has 1 atom stereocenters. The molecular formula is C19H20O3. The van der Waals surface area contributed by atoms with E-state index < -0.39 is 0 Å². The highest BCUT2D eigenvalue weighted by molar-refractivity contribution is 5.85. The lowest BCUT2D eigenvalue weighted by Crippen LogP contribution is -2.25. The molecule has 3 heteroatoms. The van der Waals surface area contributed by atoms with Gasteiger partial charge in [0.25, 0.3) is 0 Å². The molecule has 114 valence electrons. The lowest BCUT2D eigenvalue weighted by atomic mass is 9.76. The number of rotatable bonds is 1. The predicted molar refractivity (Wildman–Crippen MR) is 86.2 cm³/mol. The van der Waals surface area contributed by atoms with Crippen molar-refractivity contribution in [2.75, 3.05) is 0 Å². The van der Waals surface area contributed by atoms with Gasteiger partial charge in [-0.25, -0.2) is 4.79 Å². The van der Waals surface area contributed by atoms with Gasteiger partial charge in [0.05, 0.1) is 16.7 Å². The maximum atomic E-state index is 12.6. The van der Waals surface area contributed by atoms with Crippen LogP contribution in [0.5, 0.6) is 5.75 Å². The molecule has 0 radical (unpaired) electrons. The van der Waals surface area contributed by atoms with Gasteiger partial charge in [0, 0.05) is 5.92 Å². The number of hydrogen-bond donors (Lipinski definition) is 0. The molecule has 0 spiro atoms. The highest BCUT2D eigenvalue weighted by atomic mass is 16.5. The van der Waals surface area contributed by atoms with Crippen LogP contribution in [0.15, 0.2) is 45.3 Å². The van der Waals surface area contributed by atoms with Crippen LogP contribution >= 0.6 is 0 Å². The Hall–Kier alpha value is -2.03. The first-order valence-electron chi connectivity index (χ1n) is 8.16. The van der Waals surface area contributed by atoms with E-state index in [0.717, 1.165) is 16.7 Å². The van der Waals surface area contributed by atoms with Crippen LogP contribution in [-0.2, 0) is 0 Å². The van der Waals surface area contributed by atoms with E-state index in [1.54, 1.807) is 0 Å². The monoisotopic (exact) mass is 296 g/mol. The summed E-state index contributed by atoms with van der Waals surface area (Å²) in [4.78, 5) is 12.6. The zero-order chi connectivity index (χ0) is 15.1. The zero-order valence-electron chi connectivity index (χ0n) is 12.8. The van der Waals surface area contributed by atoms with E-state index in [4.69, 9.17) is 9.15 Å². The first kappa shape index (κ1) is 13.6. The molecule has 1 saturated carbocycles. The third-order valence-electron chi connectivity index (χ3n) is 4.97. The van der Waals surface area contributed by atoms with Crippen molar-refractivity contribution in [1.29, 1.82) is 0 Å². The fourth-order valence-corrected chi connectivity index (χ4v) is 3.93. The Morgan fingerprint density at radius 1 is 1.09 bits per heavy atom. The SMILES string of the molecule is CC1=CC(C2CCCCC2)c2c(c3ccccc3oc2=O)O1. The predicted octanol–water partition coefficient (Wildman–Crippen LogP) is 4.75. The Kier molecular flexibility index (Phi) is 3.29. The lowest BCUT2D eigenvalue weighted by molar-refractivity contribution is 0.303. The number of benzene rings is 1. The van der Waals surface area contributed by atoms with Gasteiger partial charge in [-0.05, 0) is 43.9 Å². The molecule has 1 unspecified atom stereocenters. The molecular weight excluding hydrogens is 276 g/mol. The van der Waals surface area contributed by atoms with E-state index in [0.29, 0.717) is 17.3 Å². The summed E-state index contributed by atoms with van der Waals surface area (Å²) < 4.78 is 11.5. The Bertz CT molecular complexity index is 794. The van der Waals surface area contributed by atoms with Crippen LogP contribution in [0.2, 0.25) is 0 Å². The average molecular weight is 296 g/mol. The fraction of sp³-hybridized carbons (Fsp3) is 0.421. The molecule has 0 N–H and O–H groups in total. The lowest BCUT2D eigenvalue weighted by Gasteiger charge is -2.32. The highest BCUT2D eigenvalue weighted by Crippen LogP contribution is 2.44. The summed E-state index contributed by atoms with van der Waals surface area (Å²) in [5.74, 6) is 2.25. The summed E-state index contributed by atoms with van der Waals surface area (Å²) in [7, 11) is 0. The van der Waals surface area contributed by atoms with E-state index in [1.807, 2.05) is 31.2 Å². The number of hydrogen-bond acceptors (Lipinski definition) is 3. The van der Waals surface area contributed by atoms with Crippen LogP contribution in [0.3, 0.4) is 0 Å². The molecule has 1 aliphatic heterocycles.